The minimum absolute atomic E-state index is 0.262. The number of hydrogen-bond donors (Lipinski definition) is 2. The number of aromatic amines is 1. The van der Waals surface area contributed by atoms with Crippen molar-refractivity contribution in [2.75, 3.05) is 6.54 Å². The normalized spacial score (nSPS) is 10.1. The van der Waals surface area contributed by atoms with Crippen LogP contribution in [0.5, 0.6) is 0 Å². The highest BCUT2D eigenvalue weighted by atomic mass is 16.5. The van der Waals surface area contributed by atoms with Crippen LogP contribution in [0.3, 0.4) is 0 Å². The van der Waals surface area contributed by atoms with E-state index >= 15 is 0 Å². The summed E-state index contributed by atoms with van der Waals surface area (Å²) < 4.78 is 4.38. The van der Waals surface area contributed by atoms with E-state index in [9.17, 15) is 9.59 Å². The van der Waals surface area contributed by atoms with Crippen LogP contribution in [0, 0.1) is 0 Å². The summed E-state index contributed by atoms with van der Waals surface area (Å²) in [5.74, 6) is -0.626. The smallest absolute Gasteiger partial charge is 0.350 e. The van der Waals surface area contributed by atoms with Crippen LogP contribution in [-0.4, -0.2) is 27.6 Å². The topological polar surface area (TPSA) is 101 Å². The van der Waals surface area contributed by atoms with Crippen LogP contribution in [0.4, 0.5) is 0 Å². The molecule has 2 rings (SSSR count). The van der Waals surface area contributed by atoms with Crippen molar-refractivity contribution in [1.82, 2.24) is 20.4 Å². The number of carbonyl (C=O) groups excluding carboxylic acids is 1. The molecule has 0 atom stereocenters. The fourth-order valence-electron chi connectivity index (χ4n) is 1.40. The monoisotopic (exact) mass is 260 g/mol. The first-order valence-electron chi connectivity index (χ1n) is 5.62. The van der Waals surface area contributed by atoms with Crippen LogP contribution in [0.25, 0.3) is 11.4 Å². The highest BCUT2D eigenvalue weighted by Gasteiger charge is 2.08. The van der Waals surface area contributed by atoms with Gasteiger partial charge in [0.15, 0.2) is 5.82 Å². The molecular formula is C12H12N4O3. The lowest BCUT2D eigenvalue weighted by Gasteiger charge is -2.02. The predicted octanol–water partition coefficient (Wildman–Crippen LogP) is 0.731. The molecule has 1 amide bonds. The number of nitrogens with one attached hydrogen (secondary N) is 2. The molecule has 0 radical (unpaired) electrons. The fourth-order valence-corrected chi connectivity index (χ4v) is 1.40. The Bertz CT molecular complexity index is 627. The first-order chi connectivity index (χ1) is 9.20. The molecule has 0 unspecified atom stereocenters. The van der Waals surface area contributed by atoms with Gasteiger partial charge in [0, 0.05) is 18.3 Å². The summed E-state index contributed by atoms with van der Waals surface area (Å²) in [5, 5.41) is 6.23. The average molecular weight is 260 g/mol. The average Bonchev–Trinajstić information content (AvgIpc) is 2.86. The quantitative estimate of drug-likeness (QED) is 0.609. The second-order valence-electron chi connectivity index (χ2n) is 3.71. The predicted molar refractivity (Wildman–Crippen MR) is 67.5 cm³/mol. The Hall–Kier alpha value is -2.70. The standard InChI is InChI=1S/C12H12N4O3/c1-2-3-6-13-11(17)9-5-4-8(7-14-9)10-15-12(18)19-16-10/h2,4-5,7H,1,3,6H2,(H,13,17)(H,15,16,18). The van der Waals surface area contributed by atoms with E-state index in [-0.39, 0.29) is 11.7 Å². The summed E-state index contributed by atoms with van der Waals surface area (Å²) in [6.07, 6.45) is 3.86. The third-order valence-electron chi connectivity index (χ3n) is 2.34. The van der Waals surface area contributed by atoms with Gasteiger partial charge in [0.1, 0.15) is 5.69 Å². The van der Waals surface area contributed by atoms with E-state index < -0.39 is 5.76 Å². The lowest BCUT2D eigenvalue weighted by atomic mass is 10.2. The van der Waals surface area contributed by atoms with E-state index in [0.717, 1.165) is 0 Å². The Morgan fingerprint density at radius 1 is 1.53 bits per heavy atom. The van der Waals surface area contributed by atoms with E-state index in [0.29, 0.717) is 24.2 Å². The van der Waals surface area contributed by atoms with Crippen molar-refractivity contribution in [2.45, 2.75) is 6.42 Å². The molecule has 2 aromatic heterocycles. The SMILES string of the molecule is C=CCCNC(=O)c1ccc(-c2noc(=O)[nH]2)cn1. The van der Waals surface area contributed by atoms with Crippen LogP contribution >= 0.6 is 0 Å². The molecule has 0 saturated heterocycles. The number of pyridine rings is 1. The number of rotatable bonds is 5. The zero-order valence-corrected chi connectivity index (χ0v) is 10.0. The number of nitrogens with zero attached hydrogens (tertiary/aromatic N) is 2. The zero-order chi connectivity index (χ0) is 13.7. The highest BCUT2D eigenvalue weighted by molar-refractivity contribution is 5.92. The number of aromatic nitrogens is 3. The summed E-state index contributed by atoms with van der Waals surface area (Å²) >= 11 is 0. The summed E-state index contributed by atoms with van der Waals surface area (Å²) in [6, 6.07) is 3.18. The van der Waals surface area contributed by atoms with Crippen molar-refractivity contribution in [3.63, 3.8) is 0 Å². The molecule has 0 fully saturated rings. The third-order valence-corrected chi connectivity index (χ3v) is 2.34. The molecule has 0 aromatic carbocycles. The van der Waals surface area contributed by atoms with Gasteiger partial charge in [0.2, 0.25) is 0 Å². The van der Waals surface area contributed by atoms with Gasteiger partial charge < -0.3 is 5.32 Å². The first kappa shape index (κ1) is 12.7. The number of amides is 1. The zero-order valence-electron chi connectivity index (χ0n) is 10.0. The molecule has 0 aliphatic rings. The summed E-state index contributed by atoms with van der Waals surface area (Å²) in [7, 11) is 0. The molecule has 2 aromatic rings. The molecule has 0 bridgehead atoms. The Kier molecular flexibility index (Phi) is 3.87. The molecule has 19 heavy (non-hydrogen) atoms. The van der Waals surface area contributed by atoms with Crippen LogP contribution in [0.15, 0.2) is 40.3 Å². The Labute approximate surface area is 108 Å². The van der Waals surface area contributed by atoms with Crippen LogP contribution in [0.2, 0.25) is 0 Å². The Morgan fingerprint density at radius 2 is 2.37 bits per heavy atom. The maximum atomic E-state index is 11.7. The molecule has 98 valence electrons. The van der Waals surface area contributed by atoms with Gasteiger partial charge in [-0.15, -0.1) is 6.58 Å². The van der Waals surface area contributed by atoms with E-state index in [1.165, 1.54) is 6.20 Å². The molecule has 7 nitrogen and oxygen atoms in total. The maximum absolute atomic E-state index is 11.7. The Balaban J connectivity index is 2.08. The largest absolute Gasteiger partial charge is 0.439 e. The number of carbonyl (C=O) groups is 1. The van der Waals surface area contributed by atoms with Gasteiger partial charge in [-0.3, -0.25) is 19.3 Å². The second kappa shape index (κ2) is 5.76. The van der Waals surface area contributed by atoms with Gasteiger partial charge in [0.05, 0.1) is 0 Å². The van der Waals surface area contributed by atoms with E-state index in [1.807, 2.05) is 0 Å². The first-order valence-corrected chi connectivity index (χ1v) is 5.62. The molecular weight excluding hydrogens is 248 g/mol. The van der Waals surface area contributed by atoms with Crippen LogP contribution in [-0.2, 0) is 0 Å². The van der Waals surface area contributed by atoms with Gasteiger partial charge in [-0.25, -0.2) is 4.79 Å². The van der Waals surface area contributed by atoms with Crippen molar-refractivity contribution in [2.24, 2.45) is 0 Å². The fraction of sp³-hybridized carbons (Fsp3) is 0.167. The molecule has 0 spiro atoms. The van der Waals surface area contributed by atoms with Gasteiger partial charge in [-0.1, -0.05) is 11.2 Å². The molecule has 0 aliphatic carbocycles. The van der Waals surface area contributed by atoms with E-state index in [4.69, 9.17) is 0 Å². The highest BCUT2D eigenvalue weighted by Crippen LogP contribution is 2.11. The van der Waals surface area contributed by atoms with Gasteiger partial charge >= 0.3 is 5.76 Å². The second-order valence-corrected chi connectivity index (χ2v) is 3.71. The molecule has 2 heterocycles. The summed E-state index contributed by atoms with van der Waals surface area (Å²) in [4.78, 5) is 28.9. The number of H-pyrrole nitrogens is 1. The molecule has 2 N–H and O–H groups in total. The van der Waals surface area contributed by atoms with Crippen LogP contribution < -0.4 is 11.1 Å². The summed E-state index contributed by atoms with van der Waals surface area (Å²) in [6.45, 7) is 4.08. The van der Waals surface area contributed by atoms with Crippen molar-refractivity contribution < 1.29 is 9.32 Å². The summed E-state index contributed by atoms with van der Waals surface area (Å²) in [5.41, 5.74) is 0.854. The van der Waals surface area contributed by atoms with Crippen molar-refractivity contribution in [3.05, 3.63) is 47.2 Å². The van der Waals surface area contributed by atoms with Crippen molar-refractivity contribution in [1.29, 1.82) is 0 Å². The number of hydrogen-bond acceptors (Lipinski definition) is 5. The third kappa shape index (κ3) is 3.15. The van der Waals surface area contributed by atoms with Crippen molar-refractivity contribution in [3.8, 4) is 11.4 Å². The Morgan fingerprint density at radius 3 is 2.95 bits per heavy atom. The van der Waals surface area contributed by atoms with E-state index in [1.54, 1.807) is 18.2 Å². The molecule has 7 heteroatoms. The minimum Gasteiger partial charge on any atom is -0.350 e. The lowest BCUT2D eigenvalue weighted by molar-refractivity contribution is 0.0949. The lowest BCUT2D eigenvalue weighted by Crippen LogP contribution is -2.24. The minimum atomic E-state index is -0.638. The molecule has 0 aliphatic heterocycles. The van der Waals surface area contributed by atoms with Gasteiger partial charge in [-0.2, -0.15) is 0 Å². The van der Waals surface area contributed by atoms with Gasteiger partial charge in [0.25, 0.3) is 5.91 Å². The van der Waals surface area contributed by atoms with Gasteiger partial charge in [-0.05, 0) is 18.6 Å². The molecule has 0 saturated carbocycles. The maximum Gasteiger partial charge on any atom is 0.439 e. The van der Waals surface area contributed by atoms with E-state index in [2.05, 4.69) is 31.5 Å². The van der Waals surface area contributed by atoms with Crippen LogP contribution in [0.1, 0.15) is 16.9 Å². The van der Waals surface area contributed by atoms with Crippen molar-refractivity contribution >= 4 is 5.91 Å².